The monoisotopic (exact) mass is 277 g/mol. The van der Waals surface area contributed by atoms with Crippen molar-refractivity contribution < 1.29 is 0 Å². The maximum absolute atomic E-state index is 5.54. The number of hydrogen-bond donors (Lipinski definition) is 2. The molecule has 0 aromatic carbocycles. The predicted octanol–water partition coefficient (Wildman–Crippen LogP) is 3.49. The van der Waals surface area contributed by atoms with Crippen molar-refractivity contribution in [1.29, 1.82) is 0 Å². The van der Waals surface area contributed by atoms with Crippen LogP contribution in [-0.4, -0.2) is 16.0 Å². The van der Waals surface area contributed by atoms with E-state index < -0.39 is 0 Å². The van der Waals surface area contributed by atoms with Gasteiger partial charge in [0.05, 0.1) is 17.6 Å². The molecule has 19 heavy (non-hydrogen) atoms. The number of pyridine rings is 1. The van der Waals surface area contributed by atoms with Crippen molar-refractivity contribution in [1.82, 2.24) is 4.98 Å². The molecule has 104 valence electrons. The molecule has 0 radical (unpaired) electrons. The number of hydrogen-bond acceptors (Lipinski definition) is 3. The third kappa shape index (κ3) is 4.16. The summed E-state index contributed by atoms with van der Waals surface area (Å²) in [5, 5.41) is 3.56. The summed E-state index contributed by atoms with van der Waals surface area (Å²) in [5.41, 5.74) is 7.30. The van der Waals surface area contributed by atoms with Gasteiger partial charge in [-0.05, 0) is 43.7 Å². The Bertz CT molecular complexity index is 408. The van der Waals surface area contributed by atoms with Gasteiger partial charge in [0.25, 0.3) is 0 Å². The Morgan fingerprint density at radius 1 is 1.37 bits per heavy atom. The molecule has 3 nitrogen and oxygen atoms in total. The van der Waals surface area contributed by atoms with Crippen molar-refractivity contribution in [3.8, 4) is 0 Å². The van der Waals surface area contributed by atoms with Crippen molar-refractivity contribution in [3.05, 3.63) is 24.0 Å². The maximum Gasteiger partial charge on any atom is 0.122 e. The largest absolute Gasteiger partial charge is 0.388 e. The molecule has 1 aliphatic rings. The Hall–Kier alpha value is -1.16. The Balaban J connectivity index is 1.83. The second kappa shape index (κ2) is 6.85. The molecule has 1 heterocycles. The van der Waals surface area contributed by atoms with Crippen LogP contribution in [0.1, 0.15) is 51.1 Å². The molecule has 0 aliphatic heterocycles. The fourth-order valence-corrected chi connectivity index (χ4v) is 2.99. The smallest absolute Gasteiger partial charge is 0.122 e. The highest BCUT2D eigenvalue weighted by Gasteiger charge is 2.20. The highest BCUT2D eigenvalue weighted by molar-refractivity contribution is 7.80. The first kappa shape index (κ1) is 14.3. The lowest BCUT2D eigenvalue weighted by atomic mass is 9.83. The Morgan fingerprint density at radius 3 is 2.63 bits per heavy atom. The van der Waals surface area contributed by atoms with Gasteiger partial charge < -0.3 is 11.1 Å². The van der Waals surface area contributed by atoms with Gasteiger partial charge in [-0.2, -0.15) is 0 Å². The summed E-state index contributed by atoms with van der Waals surface area (Å²) in [4.78, 5) is 4.61. The van der Waals surface area contributed by atoms with Crippen molar-refractivity contribution >= 4 is 22.9 Å². The highest BCUT2D eigenvalue weighted by Crippen LogP contribution is 2.29. The molecule has 0 spiro atoms. The van der Waals surface area contributed by atoms with Crippen LogP contribution in [0, 0.1) is 5.92 Å². The van der Waals surface area contributed by atoms with Gasteiger partial charge in [0.2, 0.25) is 0 Å². The lowest BCUT2D eigenvalue weighted by molar-refractivity contribution is 0.319. The Kier molecular flexibility index (Phi) is 5.14. The number of nitrogens with zero attached hydrogens (tertiary/aromatic N) is 1. The van der Waals surface area contributed by atoms with E-state index in [1.807, 2.05) is 18.3 Å². The number of nitrogens with one attached hydrogen (secondary N) is 1. The van der Waals surface area contributed by atoms with Crippen LogP contribution >= 0.6 is 12.2 Å². The van der Waals surface area contributed by atoms with Crippen LogP contribution in [0.2, 0.25) is 0 Å². The van der Waals surface area contributed by atoms with E-state index in [4.69, 9.17) is 18.0 Å². The number of anilines is 1. The Labute approximate surface area is 121 Å². The van der Waals surface area contributed by atoms with Crippen LogP contribution in [0.4, 0.5) is 5.69 Å². The summed E-state index contributed by atoms with van der Waals surface area (Å²) >= 11 is 4.90. The maximum atomic E-state index is 5.54. The van der Waals surface area contributed by atoms with Crippen LogP contribution in [0.15, 0.2) is 18.3 Å². The summed E-state index contributed by atoms with van der Waals surface area (Å²) in [6.45, 7) is 2.28. The molecule has 0 unspecified atom stereocenters. The van der Waals surface area contributed by atoms with Gasteiger partial charge >= 0.3 is 0 Å². The third-order valence-corrected chi connectivity index (χ3v) is 4.14. The standard InChI is InChI=1S/C15H23N3S/c1-2-3-11-4-6-12(7-5-11)18-13-8-9-14(15(16)19)17-10-13/h8-12,18H,2-7H2,1H3,(H2,16,19). The molecule has 2 rings (SSSR count). The second-order valence-electron chi connectivity index (χ2n) is 5.45. The summed E-state index contributed by atoms with van der Waals surface area (Å²) in [7, 11) is 0. The second-order valence-corrected chi connectivity index (χ2v) is 5.89. The zero-order chi connectivity index (χ0) is 13.7. The van der Waals surface area contributed by atoms with Gasteiger partial charge in [-0.3, -0.25) is 4.98 Å². The summed E-state index contributed by atoms with van der Waals surface area (Å²) in [6, 6.07) is 4.48. The van der Waals surface area contributed by atoms with Gasteiger partial charge in [0.1, 0.15) is 4.99 Å². The summed E-state index contributed by atoms with van der Waals surface area (Å²) < 4.78 is 0. The molecule has 0 saturated heterocycles. The number of thiocarbonyl (C=S) groups is 1. The lowest BCUT2D eigenvalue weighted by Crippen LogP contribution is -2.26. The molecule has 0 atom stereocenters. The summed E-state index contributed by atoms with van der Waals surface area (Å²) in [5.74, 6) is 0.943. The first-order chi connectivity index (χ1) is 9.19. The Morgan fingerprint density at radius 2 is 2.11 bits per heavy atom. The van der Waals surface area contributed by atoms with Crippen LogP contribution in [0.25, 0.3) is 0 Å². The topological polar surface area (TPSA) is 50.9 Å². The molecule has 1 aromatic heterocycles. The average Bonchev–Trinajstić information content (AvgIpc) is 2.42. The molecular weight excluding hydrogens is 254 g/mol. The van der Waals surface area contributed by atoms with E-state index in [1.54, 1.807) is 0 Å². The highest BCUT2D eigenvalue weighted by atomic mass is 32.1. The van der Waals surface area contributed by atoms with E-state index in [9.17, 15) is 0 Å². The van der Waals surface area contributed by atoms with E-state index in [2.05, 4.69) is 17.2 Å². The molecule has 4 heteroatoms. The molecule has 1 fully saturated rings. The number of aromatic nitrogens is 1. The zero-order valence-electron chi connectivity index (χ0n) is 11.6. The first-order valence-electron chi connectivity index (χ1n) is 7.21. The van der Waals surface area contributed by atoms with Gasteiger partial charge in [0, 0.05) is 6.04 Å². The van der Waals surface area contributed by atoms with E-state index >= 15 is 0 Å². The first-order valence-corrected chi connectivity index (χ1v) is 7.62. The van der Waals surface area contributed by atoms with Crippen LogP contribution in [0.3, 0.4) is 0 Å². The van der Waals surface area contributed by atoms with Gasteiger partial charge in [-0.1, -0.05) is 32.0 Å². The van der Waals surface area contributed by atoms with Crippen molar-refractivity contribution in [2.75, 3.05) is 5.32 Å². The fourth-order valence-electron chi connectivity index (χ4n) is 2.86. The SMILES string of the molecule is CCCC1CCC(Nc2ccc(C(N)=S)nc2)CC1. The molecule has 1 aromatic rings. The minimum absolute atomic E-state index is 0.353. The minimum atomic E-state index is 0.353. The van der Waals surface area contributed by atoms with E-state index in [0.29, 0.717) is 16.7 Å². The van der Waals surface area contributed by atoms with Crippen molar-refractivity contribution in [3.63, 3.8) is 0 Å². The van der Waals surface area contributed by atoms with E-state index in [0.717, 1.165) is 11.6 Å². The normalized spacial score (nSPS) is 23.0. The van der Waals surface area contributed by atoms with Crippen LogP contribution in [0.5, 0.6) is 0 Å². The van der Waals surface area contributed by atoms with Crippen molar-refractivity contribution in [2.45, 2.75) is 51.5 Å². The van der Waals surface area contributed by atoms with Gasteiger partial charge in [0.15, 0.2) is 0 Å². The minimum Gasteiger partial charge on any atom is -0.388 e. The van der Waals surface area contributed by atoms with Crippen LogP contribution in [-0.2, 0) is 0 Å². The van der Waals surface area contributed by atoms with Gasteiger partial charge in [-0.15, -0.1) is 0 Å². The number of nitrogens with two attached hydrogens (primary N) is 1. The molecule has 3 N–H and O–H groups in total. The quantitative estimate of drug-likeness (QED) is 0.809. The third-order valence-electron chi connectivity index (χ3n) is 3.93. The van der Waals surface area contributed by atoms with E-state index in [-0.39, 0.29) is 0 Å². The van der Waals surface area contributed by atoms with E-state index in [1.165, 1.54) is 38.5 Å². The number of rotatable bonds is 5. The predicted molar refractivity (Wildman–Crippen MR) is 84.4 cm³/mol. The molecule has 1 aliphatic carbocycles. The fraction of sp³-hybridized carbons (Fsp3) is 0.600. The van der Waals surface area contributed by atoms with Crippen LogP contribution < -0.4 is 11.1 Å². The van der Waals surface area contributed by atoms with Gasteiger partial charge in [-0.25, -0.2) is 0 Å². The molecular formula is C15H23N3S. The zero-order valence-corrected chi connectivity index (χ0v) is 12.4. The average molecular weight is 277 g/mol. The summed E-state index contributed by atoms with van der Waals surface area (Å²) in [6.07, 6.45) is 9.76. The molecule has 1 saturated carbocycles. The molecule has 0 amide bonds. The van der Waals surface area contributed by atoms with Crippen molar-refractivity contribution in [2.24, 2.45) is 11.7 Å². The molecule has 0 bridgehead atoms. The lowest BCUT2D eigenvalue weighted by Gasteiger charge is -2.29.